The van der Waals surface area contributed by atoms with Gasteiger partial charge in [0.05, 0.1) is 25.4 Å². The number of ether oxygens (including phenoxy) is 2. The van der Waals surface area contributed by atoms with Crippen LogP contribution in [0.15, 0.2) is 48.6 Å². The van der Waals surface area contributed by atoms with Crippen LogP contribution >= 0.6 is 0 Å². The summed E-state index contributed by atoms with van der Waals surface area (Å²) in [7, 11) is 0. The maximum atomic E-state index is 13.1. The van der Waals surface area contributed by atoms with Crippen molar-refractivity contribution in [2.75, 3.05) is 13.2 Å². The van der Waals surface area contributed by atoms with Crippen molar-refractivity contribution in [3.05, 3.63) is 48.6 Å². The molecule has 1 saturated heterocycles. The molecule has 1 fully saturated rings. The summed E-state index contributed by atoms with van der Waals surface area (Å²) in [5.74, 6) is -0.182. The van der Waals surface area contributed by atoms with Crippen molar-refractivity contribution in [1.29, 1.82) is 0 Å². The number of nitrogens with one attached hydrogen (secondary N) is 1. The van der Waals surface area contributed by atoms with Crippen molar-refractivity contribution in [3.8, 4) is 0 Å². The molecule has 7 unspecified atom stereocenters. The highest BCUT2D eigenvalue weighted by Crippen LogP contribution is 2.23. The molecule has 446 valence electrons. The van der Waals surface area contributed by atoms with Crippen molar-refractivity contribution in [1.82, 2.24) is 5.32 Å². The molecule has 0 radical (unpaired) electrons. The summed E-state index contributed by atoms with van der Waals surface area (Å²) >= 11 is 0. The van der Waals surface area contributed by atoms with Gasteiger partial charge in [-0.25, -0.2) is 0 Å². The summed E-state index contributed by atoms with van der Waals surface area (Å²) in [6.45, 7) is 3.79. The molecule has 6 N–H and O–H groups in total. The van der Waals surface area contributed by atoms with Gasteiger partial charge in [-0.05, 0) is 64.2 Å². The first-order valence-corrected chi connectivity index (χ1v) is 32.9. The van der Waals surface area contributed by atoms with Gasteiger partial charge in [0.15, 0.2) is 6.29 Å². The van der Waals surface area contributed by atoms with E-state index in [0.29, 0.717) is 6.42 Å². The van der Waals surface area contributed by atoms with Crippen LogP contribution in [0.3, 0.4) is 0 Å². The van der Waals surface area contributed by atoms with E-state index in [1.807, 2.05) is 6.08 Å². The molecule has 0 saturated carbocycles. The van der Waals surface area contributed by atoms with Crippen LogP contribution < -0.4 is 5.32 Å². The number of amides is 1. The Bertz CT molecular complexity index is 1340. The topological polar surface area (TPSA) is 149 Å². The number of rotatable bonds is 57. The molecule has 0 aromatic carbocycles. The molecule has 76 heavy (non-hydrogen) atoms. The van der Waals surface area contributed by atoms with Crippen molar-refractivity contribution < 1.29 is 39.8 Å². The molecule has 0 aromatic heterocycles. The van der Waals surface area contributed by atoms with Gasteiger partial charge in [0, 0.05) is 6.42 Å². The fourth-order valence-electron chi connectivity index (χ4n) is 10.4. The number of carbonyl (C=O) groups excluding carboxylic acids is 1. The van der Waals surface area contributed by atoms with Crippen LogP contribution in [0.2, 0.25) is 0 Å². The van der Waals surface area contributed by atoms with Crippen molar-refractivity contribution >= 4 is 5.91 Å². The number of carbonyl (C=O) groups is 1. The van der Waals surface area contributed by atoms with Crippen molar-refractivity contribution in [2.24, 2.45) is 0 Å². The molecule has 0 bridgehead atoms. The molecule has 0 aromatic rings. The Labute approximate surface area is 469 Å². The molecule has 1 heterocycles. The lowest BCUT2D eigenvalue weighted by atomic mass is 9.99. The Hall–Kier alpha value is -1.85. The zero-order valence-electron chi connectivity index (χ0n) is 49.8. The van der Waals surface area contributed by atoms with Gasteiger partial charge >= 0.3 is 0 Å². The molecular formula is C67H125NO8. The minimum atomic E-state index is -1.57. The first kappa shape index (κ1) is 72.2. The molecule has 1 amide bonds. The zero-order valence-corrected chi connectivity index (χ0v) is 49.8. The van der Waals surface area contributed by atoms with E-state index in [-0.39, 0.29) is 12.5 Å². The van der Waals surface area contributed by atoms with Crippen LogP contribution in [0.4, 0.5) is 0 Å². The van der Waals surface area contributed by atoms with Crippen LogP contribution in [0, 0.1) is 0 Å². The standard InChI is InChI=1S/C67H125NO8/c1-3-5-7-9-11-13-15-17-19-21-23-25-27-28-29-30-31-32-33-34-35-37-39-41-43-45-47-49-51-53-55-57-63(71)68-60(59-75-67-66(74)65(73)64(72)62(58-69)76-67)61(70)56-54-52-50-48-46-44-42-40-38-36-26-24-22-20-18-16-14-12-10-8-6-4-2/h15,17,21,23,46,48,54,56,60-62,64-67,69-70,72-74H,3-14,16,18-20,22,24-45,47,49-53,55,57-59H2,1-2H3,(H,68,71)/b17-15-,23-21-,48-46+,56-54+. The van der Waals surface area contributed by atoms with Crippen LogP contribution in [-0.2, 0) is 14.3 Å². The van der Waals surface area contributed by atoms with E-state index in [0.717, 1.165) is 44.9 Å². The van der Waals surface area contributed by atoms with Gasteiger partial charge in [0.2, 0.25) is 5.91 Å². The number of hydrogen-bond donors (Lipinski definition) is 6. The predicted molar refractivity (Wildman–Crippen MR) is 323 cm³/mol. The maximum Gasteiger partial charge on any atom is 0.220 e. The Morgan fingerprint density at radius 3 is 1.18 bits per heavy atom. The van der Waals surface area contributed by atoms with E-state index >= 15 is 0 Å². The summed E-state index contributed by atoms with van der Waals surface area (Å²) in [5, 5.41) is 54.6. The van der Waals surface area contributed by atoms with Gasteiger partial charge in [-0.1, -0.05) is 294 Å². The summed E-state index contributed by atoms with van der Waals surface area (Å²) in [6, 6.07) is -0.822. The lowest BCUT2D eigenvalue weighted by Crippen LogP contribution is -2.60. The van der Waals surface area contributed by atoms with E-state index < -0.39 is 49.5 Å². The van der Waals surface area contributed by atoms with Crippen molar-refractivity contribution in [3.63, 3.8) is 0 Å². The second-order valence-corrected chi connectivity index (χ2v) is 22.9. The molecule has 1 aliphatic rings. The van der Waals surface area contributed by atoms with E-state index in [9.17, 15) is 30.3 Å². The fraction of sp³-hybridized carbons (Fsp3) is 0.866. The van der Waals surface area contributed by atoms with Gasteiger partial charge in [0.1, 0.15) is 24.4 Å². The Morgan fingerprint density at radius 2 is 0.789 bits per heavy atom. The lowest BCUT2D eigenvalue weighted by Gasteiger charge is -2.40. The SMILES string of the molecule is CCCCCCC/C=C\C/C=C\CCCCCCCCCCCCCCCCCCCCCC(=O)NC(COC1OC(CO)C(O)C(O)C1O)C(O)/C=C/CC/C=C/CCCCCCCCCCCCCCCCCC. The molecule has 1 rings (SSSR count). The number of aliphatic hydroxyl groups excluding tert-OH is 5. The average molecular weight is 1070 g/mol. The second-order valence-electron chi connectivity index (χ2n) is 22.9. The molecule has 9 heteroatoms. The minimum absolute atomic E-state index is 0.182. The smallest absolute Gasteiger partial charge is 0.220 e. The summed E-state index contributed by atoms with van der Waals surface area (Å²) < 4.78 is 11.3. The molecular weight excluding hydrogens is 947 g/mol. The molecule has 9 nitrogen and oxygen atoms in total. The monoisotopic (exact) mass is 1070 g/mol. The summed E-state index contributed by atoms with van der Waals surface area (Å²) in [4.78, 5) is 13.1. The zero-order chi connectivity index (χ0) is 55.0. The Balaban J connectivity index is 2.16. The average Bonchev–Trinajstić information content (AvgIpc) is 3.42. The van der Waals surface area contributed by atoms with Gasteiger partial charge in [-0.15, -0.1) is 0 Å². The van der Waals surface area contributed by atoms with Gasteiger partial charge in [-0.2, -0.15) is 0 Å². The third-order valence-electron chi connectivity index (χ3n) is 15.6. The van der Waals surface area contributed by atoms with E-state index in [2.05, 4.69) is 55.6 Å². The second kappa shape index (κ2) is 56.4. The first-order valence-electron chi connectivity index (χ1n) is 32.9. The van der Waals surface area contributed by atoms with E-state index in [1.165, 1.54) is 250 Å². The highest BCUT2D eigenvalue weighted by Gasteiger charge is 2.44. The van der Waals surface area contributed by atoms with Crippen LogP contribution in [0.25, 0.3) is 0 Å². The van der Waals surface area contributed by atoms with Gasteiger partial charge in [-0.3, -0.25) is 4.79 Å². The number of allylic oxidation sites excluding steroid dienone is 7. The molecule has 0 spiro atoms. The summed E-state index contributed by atoms with van der Waals surface area (Å²) in [5.41, 5.74) is 0. The first-order chi connectivity index (χ1) is 37.3. The highest BCUT2D eigenvalue weighted by molar-refractivity contribution is 5.76. The third-order valence-corrected chi connectivity index (χ3v) is 15.6. The van der Waals surface area contributed by atoms with Crippen LogP contribution in [0.1, 0.15) is 316 Å². The molecule has 7 atom stereocenters. The third kappa shape index (κ3) is 44.9. The maximum absolute atomic E-state index is 13.1. The minimum Gasteiger partial charge on any atom is -0.394 e. The fourth-order valence-corrected chi connectivity index (χ4v) is 10.4. The van der Waals surface area contributed by atoms with E-state index in [1.54, 1.807) is 6.08 Å². The van der Waals surface area contributed by atoms with Gasteiger partial charge < -0.3 is 40.3 Å². The van der Waals surface area contributed by atoms with E-state index in [4.69, 9.17) is 9.47 Å². The quantitative estimate of drug-likeness (QED) is 0.0261. The number of unbranched alkanes of at least 4 members (excludes halogenated alkanes) is 41. The number of aliphatic hydroxyl groups is 5. The summed E-state index contributed by atoms with van der Waals surface area (Å²) in [6.07, 6.45) is 69.2. The predicted octanol–water partition coefficient (Wildman–Crippen LogP) is 17.2. The van der Waals surface area contributed by atoms with Crippen LogP contribution in [0.5, 0.6) is 0 Å². The normalized spacial score (nSPS) is 19.1. The van der Waals surface area contributed by atoms with Gasteiger partial charge in [0.25, 0.3) is 0 Å². The number of hydrogen-bond acceptors (Lipinski definition) is 8. The molecule has 0 aliphatic carbocycles. The molecule has 1 aliphatic heterocycles. The highest BCUT2D eigenvalue weighted by atomic mass is 16.7. The lowest BCUT2D eigenvalue weighted by molar-refractivity contribution is -0.302. The Morgan fingerprint density at radius 1 is 0.447 bits per heavy atom. The Kier molecular flexibility index (Phi) is 53.6. The largest absolute Gasteiger partial charge is 0.394 e. The van der Waals surface area contributed by atoms with Crippen molar-refractivity contribution in [2.45, 2.75) is 358 Å². The van der Waals surface area contributed by atoms with Crippen LogP contribution in [-0.4, -0.2) is 87.5 Å².